The monoisotopic (exact) mass is 488 g/mol. The number of nitriles is 1. The highest BCUT2D eigenvalue weighted by atomic mass is 35.5. The summed E-state index contributed by atoms with van der Waals surface area (Å²) >= 11 is 11.8. The van der Waals surface area contributed by atoms with E-state index in [2.05, 4.69) is 5.32 Å². The highest BCUT2D eigenvalue weighted by molar-refractivity contribution is 7.87. The predicted molar refractivity (Wildman–Crippen MR) is 121 cm³/mol. The Balaban J connectivity index is 1.93. The lowest BCUT2D eigenvalue weighted by Gasteiger charge is -2.11. The van der Waals surface area contributed by atoms with Crippen LogP contribution in [0.15, 0.2) is 77.2 Å². The molecular formula is C22H14Cl2N2O5S. The molecule has 3 aromatic carbocycles. The molecule has 162 valence electrons. The summed E-state index contributed by atoms with van der Waals surface area (Å²) in [5, 5.41) is 21.9. The topological polar surface area (TPSA) is 116 Å². The zero-order chi connectivity index (χ0) is 23.3. The van der Waals surface area contributed by atoms with Crippen LogP contribution in [0.5, 0.6) is 11.5 Å². The Hall–Kier alpha value is -3.51. The van der Waals surface area contributed by atoms with Crippen LogP contribution in [0, 0.1) is 11.3 Å². The van der Waals surface area contributed by atoms with Crippen LogP contribution < -0.4 is 9.50 Å². The fraction of sp³-hybridized carbons (Fsp3) is 0. The molecule has 0 saturated carbocycles. The third-order valence-corrected chi connectivity index (χ3v) is 5.80. The molecule has 0 aliphatic rings. The van der Waals surface area contributed by atoms with Gasteiger partial charge in [0.25, 0.3) is 5.91 Å². The lowest BCUT2D eigenvalue weighted by molar-refractivity contribution is -0.112. The Kier molecular flexibility index (Phi) is 7.05. The van der Waals surface area contributed by atoms with Gasteiger partial charge in [-0.15, -0.1) is 0 Å². The quantitative estimate of drug-likeness (QED) is 0.218. The standard InChI is InChI=1S/C22H14Cl2N2O5S/c23-16-1-8-20(9-2-16)32(29,30)31-21-10-3-17(24)12-14(21)11-15(13-25)22(28)26-18-4-6-19(27)7-5-18/h1-12,27H,(H,26,28)/b15-11+. The first-order chi connectivity index (χ1) is 15.2. The van der Waals surface area contributed by atoms with Gasteiger partial charge in [-0.05, 0) is 72.8 Å². The van der Waals surface area contributed by atoms with Gasteiger partial charge in [-0.25, -0.2) is 0 Å². The van der Waals surface area contributed by atoms with Crippen molar-refractivity contribution in [3.05, 3.63) is 87.9 Å². The first-order valence-electron chi connectivity index (χ1n) is 8.90. The number of hydrogen-bond donors (Lipinski definition) is 2. The van der Waals surface area contributed by atoms with Gasteiger partial charge in [0.05, 0.1) is 0 Å². The molecule has 2 N–H and O–H groups in total. The molecule has 1 amide bonds. The van der Waals surface area contributed by atoms with Crippen LogP contribution in [0.25, 0.3) is 6.08 Å². The second-order valence-corrected chi connectivity index (χ2v) is 8.76. The predicted octanol–water partition coefficient (Wildman–Crippen LogP) is 5.01. The number of halogens is 2. The van der Waals surface area contributed by atoms with E-state index in [4.69, 9.17) is 27.4 Å². The van der Waals surface area contributed by atoms with E-state index >= 15 is 0 Å². The minimum atomic E-state index is -4.22. The number of nitrogens with one attached hydrogen (secondary N) is 1. The molecule has 0 bridgehead atoms. The first kappa shape index (κ1) is 23.2. The smallest absolute Gasteiger partial charge is 0.339 e. The van der Waals surface area contributed by atoms with Gasteiger partial charge in [-0.2, -0.15) is 13.7 Å². The largest absolute Gasteiger partial charge is 0.508 e. The number of hydrogen-bond acceptors (Lipinski definition) is 6. The fourth-order valence-electron chi connectivity index (χ4n) is 2.52. The normalized spacial score (nSPS) is 11.5. The maximum absolute atomic E-state index is 12.6. The SMILES string of the molecule is N#C/C(=C\c1cc(Cl)ccc1OS(=O)(=O)c1ccc(Cl)cc1)C(=O)Nc1ccc(O)cc1. The third-order valence-electron chi connectivity index (χ3n) is 4.06. The third kappa shape index (κ3) is 5.80. The molecule has 0 spiro atoms. The van der Waals surface area contributed by atoms with Gasteiger partial charge >= 0.3 is 10.1 Å². The Bertz CT molecular complexity index is 1330. The Morgan fingerprint density at radius 2 is 1.62 bits per heavy atom. The van der Waals surface area contributed by atoms with E-state index in [1.165, 1.54) is 66.7 Å². The van der Waals surface area contributed by atoms with Crippen LogP contribution in [-0.2, 0) is 14.9 Å². The van der Waals surface area contributed by atoms with E-state index < -0.39 is 16.0 Å². The zero-order valence-electron chi connectivity index (χ0n) is 16.1. The lowest BCUT2D eigenvalue weighted by Crippen LogP contribution is -2.14. The van der Waals surface area contributed by atoms with Gasteiger partial charge in [0.1, 0.15) is 28.0 Å². The van der Waals surface area contributed by atoms with E-state index in [0.29, 0.717) is 10.7 Å². The molecule has 0 heterocycles. The van der Waals surface area contributed by atoms with Crippen LogP contribution in [-0.4, -0.2) is 19.4 Å². The molecule has 0 atom stereocenters. The summed E-state index contributed by atoms with van der Waals surface area (Å²) in [6.45, 7) is 0. The second kappa shape index (κ2) is 9.75. The number of carbonyl (C=O) groups excluding carboxylic acids is 1. The Morgan fingerprint density at radius 1 is 1.00 bits per heavy atom. The molecule has 0 aliphatic carbocycles. The van der Waals surface area contributed by atoms with Gasteiger partial charge in [-0.3, -0.25) is 4.79 Å². The first-order valence-corrected chi connectivity index (χ1v) is 11.1. The van der Waals surface area contributed by atoms with Crippen LogP contribution in [0.1, 0.15) is 5.56 Å². The van der Waals surface area contributed by atoms with Crippen molar-refractivity contribution in [3.8, 4) is 17.6 Å². The Labute approximate surface area is 194 Å². The number of benzene rings is 3. The maximum atomic E-state index is 12.6. The molecule has 32 heavy (non-hydrogen) atoms. The van der Waals surface area contributed by atoms with Crippen LogP contribution >= 0.6 is 23.2 Å². The van der Waals surface area contributed by atoms with Crippen molar-refractivity contribution in [2.45, 2.75) is 4.90 Å². The molecule has 0 radical (unpaired) electrons. The number of nitrogens with zero attached hydrogens (tertiary/aromatic N) is 1. The number of anilines is 1. The van der Waals surface area contributed by atoms with Gasteiger partial charge in [-0.1, -0.05) is 23.2 Å². The summed E-state index contributed by atoms with van der Waals surface area (Å²) in [7, 11) is -4.22. The molecule has 3 aromatic rings. The van der Waals surface area contributed by atoms with Gasteiger partial charge in [0.15, 0.2) is 0 Å². The summed E-state index contributed by atoms with van der Waals surface area (Å²) in [4.78, 5) is 12.4. The highest BCUT2D eigenvalue weighted by Crippen LogP contribution is 2.29. The minimum absolute atomic E-state index is 0.0154. The van der Waals surface area contributed by atoms with Crippen LogP contribution in [0.4, 0.5) is 5.69 Å². The molecular weight excluding hydrogens is 475 g/mol. The summed E-state index contributed by atoms with van der Waals surface area (Å²) in [6, 6.07) is 16.9. The van der Waals surface area contributed by atoms with Crippen molar-refractivity contribution in [2.75, 3.05) is 5.32 Å². The average molecular weight is 489 g/mol. The van der Waals surface area contributed by atoms with Gasteiger partial charge < -0.3 is 14.6 Å². The van der Waals surface area contributed by atoms with Gasteiger partial charge in [0, 0.05) is 21.3 Å². The van der Waals surface area contributed by atoms with Gasteiger partial charge in [0.2, 0.25) is 0 Å². The fourth-order valence-corrected chi connectivity index (χ4v) is 3.78. The van der Waals surface area contributed by atoms with E-state index in [1.807, 2.05) is 0 Å². The highest BCUT2D eigenvalue weighted by Gasteiger charge is 2.19. The summed E-state index contributed by atoms with van der Waals surface area (Å²) in [6.07, 6.45) is 1.16. The average Bonchev–Trinajstić information content (AvgIpc) is 2.75. The molecule has 3 rings (SSSR count). The van der Waals surface area contributed by atoms with Crippen LogP contribution in [0.3, 0.4) is 0 Å². The maximum Gasteiger partial charge on any atom is 0.339 e. The number of rotatable bonds is 6. The lowest BCUT2D eigenvalue weighted by atomic mass is 10.1. The molecule has 7 nitrogen and oxygen atoms in total. The van der Waals surface area contributed by atoms with E-state index in [9.17, 15) is 23.6 Å². The van der Waals surface area contributed by atoms with Crippen molar-refractivity contribution in [3.63, 3.8) is 0 Å². The second-order valence-electron chi connectivity index (χ2n) is 6.34. The van der Waals surface area contributed by atoms with Crippen molar-refractivity contribution >= 4 is 51.0 Å². The van der Waals surface area contributed by atoms with Crippen molar-refractivity contribution in [1.82, 2.24) is 0 Å². The molecule has 0 saturated heterocycles. The molecule has 0 unspecified atom stereocenters. The minimum Gasteiger partial charge on any atom is -0.508 e. The van der Waals surface area contributed by atoms with Crippen molar-refractivity contribution < 1.29 is 22.5 Å². The summed E-state index contributed by atoms with van der Waals surface area (Å²) in [5.74, 6) is -0.860. The van der Waals surface area contributed by atoms with Crippen molar-refractivity contribution in [1.29, 1.82) is 5.26 Å². The molecule has 10 heteroatoms. The Morgan fingerprint density at radius 3 is 2.25 bits per heavy atom. The van der Waals surface area contributed by atoms with E-state index in [-0.39, 0.29) is 32.6 Å². The molecule has 0 fully saturated rings. The summed E-state index contributed by atoms with van der Waals surface area (Å²) < 4.78 is 30.5. The van der Waals surface area contributed by atoms with E-state index in [0.717, 1.165) is 6.08 Å². The molecule has 0 aromatic heterocycles. The van der Waals surface area contributed by atoms with Crippen LogP contribution in [0.2, 0.25) is 10.0 Å². The summed E-state index contributed by atoms with van der Waals surface area (Å²) in [5.41, 5.74) is 0.128. The number of aromatic hydroxyl groups is 1. The number of carbonyl (C=O) groups is 1. The number of amides is 1. The molecule has 0 aliphatic heterocycles. The van der Waals surface area contributed by atoms with Crippen molar-refractivity contribution in [2.24, 2.45) is 0 Å². The number of phenolic OH excluding ortho intramolecular Hbond substituents is 1. The van der Waals surface area contributed by atoms with E-state index in [1.54, 1.807) is 6.07 Å². The zero-order valence-corrected chi connectivity index (χ0v) is 18.4. The number of phenols is 1.